The van der Waals surface area contributed by atoms with E-state index in [0.29, 0.717) is 0 Å². The van der Waals surface area contributed by atoms with Gasteiger partial charge in [-0.05, 0) is 39.2 Å². The minimum Gasteiger partial charge on any atom is -0.324 e. The number of hydrogen-bond acceptors (Lipinski definition) is 2. The first-order valence-corrected chi connectivity index (χ1v) is 6.62. The SMILES string of the molecule is CCC1CCCCCN1CC(C)(N)CC. The van der Waals surface area contributed by atoms with Gasteiger partial charge in [0.05, 0.1) is 0 Å². The Morgan fingerprint density at radius 1 is 1.27 bits per heavy atom. The fourth-order valence-electron chi connectivity index (χ4n) is 2.48. The van der Waals surface area contributed by atoms with Gasteiger partial charge in [0, 0.05) is 18.1 Å². The fourth-order valence-corrected chi connectivity index (χ4v) is 2.48. The normalized spacial score (nSPS) is 28.4. The molecule has 1 saturated heterocycles. The Kier molecular flexibility index (Phi) is 5.07. The smallest absolute Gasteiger partial charge is 0.0252 e. The quantitative estimate of drug-likeness (QED) is 0.776. The lowest BCUT2D eigenvalue weighted by Gasteiger charge is -2.36. The summed E-state index contributed by atoms with van der Waals surface area (Å²) in [4.78, 5) is 2.64. The Morgan fingerprint density at radius 2 is 2.00 bits per heavy atom. The van der Waals surface area contributed by atoms with Crippen LogP contribution in [0.1, 0.15) is 59.3 Å². The van der Waals surface area contributed by atoms with Gasteiger partial charge in [-0.15, -0.1) is 0 Å². The Morgan fingerprint density at radius 3 is 2.60 bits per heavy atom. The molecule has 15 heavy (non-hydrogen) atoms. The zero-order valence-corrected chi connectivity index (χ0v) is 10.8. The van der Waals surface area contributed by atoms with E-state index in [2.05, 4.69) is 25.7 Å². The van der Waals surface area contributed by atoms with Crippen molar-refractivity contribution in [1.29, 1.82) is 0 Å². The van der Waals surface area contributed by atoms with Crippen LogP contribution in [0.15, 0.2) is 0 Å². The number of likely N-dealkylation sites (tertiary alicyclic amines) is 1. The highest BCUT2D eigenvalue weighted by molar-refractivity contribution is 4.85. The van der Waals surface area contributed by atoms with Crippen molar-refractivity contribution in [1.82, 2.24) is 4.90 Å². The van der Waals surface area contributed by atoms with Crippen molar-refractivity contribution in [3.05, 3.63) is 0 Å². The molecule has 0 aliphatic carbocycles. The fraction of sp³-hybridized carbons (Fsp3) is 1.00. The summed E-state index contributed by atoms with van der Waals surface area (Å²) in [7, 11) is 0. The van der Waals surface area contributed by atoms with Gasteiger partial charge in [-0.2, -0.15) is 0 Å². The Labute approximate surface area is 95.2 Å². The maximum absolute atomic E-state index is 6.27. The third kappa shape index (κ3) is 4.12. The second-order valence-electron chi connectivity index (χ2n) is 5.39. The molecule has 0 aromatic heterocycles. The maximum atomic E-state index is 6.27. The van der Waals surface area contributed by atoms with Crippen LogP contribution >= 0.6 is 0 Å². The lowest BCUT2D eigenvalue weighted by atomic mass is 9.98. The largest absolute Gasteiger partial charge is 0.324 e. The van der Waals surface area contributed by atoms with Crippen LogP contribution in [0.2, 0.25) is 0 Å². The van der Waals surface area contributed by atoms with Crippen LogP contribution in [-0.4, -0.2) is 29.6 Å². The van der Waals surface area contributed by atoms with Gasteiger partial charge >= 0.3 is 0 Å². The van der Waals surface area contributed by atoms with Gasteiger partial charge in [-0.25, -0.2) is 0 Å². The summed E-state index contributed by atoms with van der Waals surface area (Å²) in [6, 6.07) is 0.780. The molecule has 2 unspecified atom stereocenters. The zero-order valence-electron chi connectivity index (χ0n) is 10.8. The van der Waals surface area contributed by atoms with E-state index in [9.17, 15) is 0 Å². The number of hydrogen-bond donors (Lipinski definition) is 1. The molecule has 1 heterocycles. The standard InChI is InChI=1S/C13H28N2/c1-4-12-9-7-6-8-10-15(12)11-13(3,14)5-2/h12H,4-11,14H2,1-3H3. The average molecular weight is 212 g/mol. The van der Waals surface area contributed by atoms with Crippen LogP contribution in [0.5, 0.6) is 0 Å². The molecule has 2 atom stereocenters. The summed E-state index contributed by atoms with van der Waals surface area (Å²) >= 11 is 0. The van der Waals surface area contributed by atoms with E-state index < -0.39 is 0 Å². The molecule has 0 aromatic carbocycles. The average Bonchev–Trinajstić information content (AvgIpc) is 2.42. The van der Waals surface area contributed by atoms with Crippen LogP contribution in [0.4, 0.5) is 0 Å². The van der Waals surface area contributed by atoms with Gasteiger partial charge in [0.15, 0.2) is 0 Å². The minimum absolute atomic E-state index is 0.00222. The summed E-state index contributed by atoms with van der Waals surface area (Å²) in [6.45, 7) is 9.01. The summed E-state index contributed by atoms with van der Waals surface area (Å²) in [5, 5.41) is 0. The molecule has 1 rings (SSSR count). The molecule has 0 saturated carbocycles. The molecule has 0 amide bonds. The van der Waals surface area contributed by atoms with E-state index >= 15 is 0 Å². The van der Waals surface area contributed by atoms with Crippen LogP contribution in [0.3, 0.4) is 0 Å². The van der Waals surface area contributed by atoms with Crippen molar-refractivity contribution in [3.8, 4) is 0 Å². The van der Waals surface area contributed by atoms with E-state index in [0.717, 1.165) is 19.0 Å². The molecule has 2 N–H and O–H groups in total. The van der Waals surface area contributed by atoms with Crippen molar-refractivity contribution < 1.29 is 0 Å². The Bertz CT molecular complexity index is 177. The van der Waals surface area contributed by atoms with E-state index in [1.807, 2.05) is 0 Å². The van der Waals surface area contributed by atoms with Crippen molar-refractivity contribution >= 4 is 0 Å². The molecule has 1 aliphatic heterocycles. The van der Waals surface area contributed by atoms with Crippen molar-refractivity contribution in [2.45, 2.75) is 70.9 Å². The highest BCUT2D eigenvalue weighted by Gasteiger charge is 2.25. The first-order chi connectivity index (χ1) is 7.09. The summed E-state index contributed by atoms with van der Waals surface area (Å²) in [6.07, 6.45) is 7.88. The van der Waals surface area contributed by atoms with E-state index in [1.54, 1.807) is 0 Å². The zero-order chi connectivity index (χ0) is 11.3. The van der Waals surface area contributed by atoms with Crippen LogP contribution < -0.4 is 5.73 Å². The lowest BCUT2D eigenvalue weighted by Crippen LogP contribution is -2.50. The maximum Gasteiger partial charge on any atom is 0.0252 e. The van der Waals surface area contributed by atoms with Crippen molar-refractivity contribution in [2.75, 3.05) is 13.1 Å². The summed E-state index contributed by atoms with van der Waals surface area (Å²) in [5.74, 6) is 0. The van der Waals surface area contributed by atoms with Crippen LogP contribution in [0, 0.1) is 0 Å². The lowest BCUT2D eigenvalue weighted by molar-refractivity contribution is 0.154. The molecule has 1 fully saturated rings. The van der Waals surface area contributed by atoms with Gasteiger partial charge in [-0.1, -0.05) is 26.7 Å². The monoisotopic (exact) mass is 212 g/mol. The number of nitrogens with zero attached hydrogens (tertiary/aromatic N) is 1. The molecule has 0 radical (unpaired) electrons. The van der Waals surface area contributed by atoms with Crippen molar-refractivity contribution in [3.63, 3.8) is 0 Å². The highest BCUT2D eigenvalue weighted by Crippen LogP contribution is 2.21. The predicted molar refractivity (Wildman–Crippen MR) is 67.0 cm³/mol. The van der Waals surface area contributed by atoms with Crippen LogP contribution in [-0.2, 0) is 0 Å². The van der Waals surface area contributed by atoms with Gasteiger partial charge in [-0.3, -0.25) is 4.90 Å². The molecule has 0 spiro atoms. The van der Waals surface area contributed by atoms with Crippen LogP contribution in [0.25, 0.3) is 0 Å². The molecule has 90 valence electrons. The Hall–Kier alpha value is -0.0800. The second kappa shape index (κ2) is 5.86. The first kappa shape index (κ1) is 13.0. The van der Waals surface area contributed by atoms with Gasteiger partial charge in [0.1, 0.15) is 0 Å². The third-order valence-corrected chi connectivity index (χ3v) is 3.84. The molecule has 1 aliphatic rings. The molecule has 0 aromatic rings. The second-order valence-corrected chi connectivity index (χ2v) is 5.39. The highest BCUT2D eigenvalue weighted by atomic mass is 15.2. The van der Waals surface area contributed by atoms with Gasteiger partial charge < -0.3 is 5.73 Å². The van der Waals surface area contributed by atoms with E-state index in [4.69, 9.17) is 5.73 Å². The van der Waals surface area contributed by atoms with Crippen molar-refractivity contribution in [2.24, 2.45) is 5.73 Å². The first-order valence-electron chi connectivity index (χ1n) is 6.62. The molecular formula is C13H28N2. The molecule has 0 bridgehead atoms. The topological polar surface area (TPSA) is 29.3 Å². The van der Waals surface area contributed by atoms with E-state index in [1.165, 1.54) is 38.6 Å². The summed E-state index contributed by atoms with van der Waals surface area (Å²) in [5.41, 5.74) is 6.27. The van der Waals surface area contributed by atoms with Gasteiger partial charge in [0.25, 0.3) is 0 Å². The van der Waals surface area contributed by atoms with E-state index in [-0.39, 0.29) is 5.54 Å². The number of nitrogens with two attached hydrogens (primary N) is 1. The predicted octanol–water partition coefficient (Wildman–Crippen LogP) is 2.77. The molecule has 2 nitrogen and oxygen atoms in total. The molecular weight excluding hydrogens is 184 g/mol. The minimum atomic E-state index is -0.00222. The number of rotatable bonds is 4. The summed E-state index contributed by atoms with van der Waals surface area (Å²) < 4.78 is 0. The molecule has 2 heteroatoms. The Balaban J connectivity index is 2.55. The third-order valence-electron chi connectivity index (χ3n) is 3.84. The van der Waals surface area contributed by atoms with Gasteiger partial charge in [0.2, 0.25) is 0 Å².